The van der Waals surface area contributed by atoms with Gasteiger partial charge in [-0.2, -0.15) is 9.82 Å². The summed E-state index contributed by atoms with van der Waals surface area (Å²) in [4.78, 5) is 11.3. The van der Waals surface area contributed by atoms with E-state index in [1.54, 1.807) is 25.3 Å². The molecule has 0 saturated carbocycles. The van der Waals surface area contributed by atoms with Crippen LogP contribution in [0.2, 0.25) is 0 Å². The van der Waals surface area contributed by atoms with Crippen LogP contribution < -0.4 is 9.46 Å². The summed E-state index contributed by atoms with van der Waals surface area (Å²) in [5.74, 6) is -0.889. The lowest BCUT2D eigenvalue weighted by Crippen LogP contribution is -2.43. The van der Waals surface area contributed by atoms with Crippen molar-refractivity contribution in [2.45, 2.75) is 24.4 Å². The second kappa shape index (κ2) is 7.25. The van der Waals surface area contributed by atoms with Crippen molar-refractivity contribution < 1.29 is 23.1 Å². The number of sulfonamides is 1. The third kappa shape index (κ3) is 4.54. The maximum absolute atomic E-state index is 12.4. The first kappa shape index (κ1) is 17.0. The summed E-state index contributed by atoms with van der Waals surface area (Å²) in [5.41, 5.74) is 0. The highest BCUT2D eigenvalue weighted by atomic mass is 32.2. The molecule has 2 rings (SSSR count). The Hall–Kier alpha value is -2.39. The van der Waals surface area contributed by atoms with E-state index in [-0.39, 0.29) is 11.4 Å². The molecule has 0 amide bonds. The van der Waals surface area contributed by atoms with Gasteiger partial charge in [0.25, 0.3) is 0 Å². The molecule has 0 aliphatic carbocycles. The van der Waals surface area contributed by atoms with E-state index in [2.05, 4.69) is 9.82 Å². The normalized spacial score (nSPS) is 12.7. The van der Waals surface area contributed by atoms with Gasteiger partial charge in [0, 0.05) is 18.5 Å². The highest BCUT2D eigenvalue weighted by molar-refractivity contribution is 7.89. The zero-order valence-corrected chi connectivity index (χ0v) is 13.2. The van der Waals surface area contributed by atoms with Crippen LogP contribution in [0.3, 0.4) is 0 Å². The molecule has 8 nitrogen and oxygen atoms in total. The van der Waals surface area contributed by atoms with Crippen molar-refractivity contribution >= 4 is 16.0 Å². The van der Waals surface area contributed by atoms with E-state index < -0.39 is 22.0 Å². The lowest BCUT2D eigenvalue weighted by Gasteiger charge is -2.15. The molecule has 1 heterocycles. The van der Waals surface area contributed by atoms with Crippen molar-refractivity contribution in [1.82, 2.24) is 14.5 Å². The third-order valence-corrected chi connectivity index (χ3v) is 4.42. The number of nitrogens with zero attached hydrogens (tertiary/aromatic N) is 2. The van der Waals surface area contributed by atoms with Crippen molar-refractivity contribution in [3.05, 3.63) is 42.7 Å². The Bertz CT molecular complexity index is 758. The van der Waals surface area contributed by atoms with E-state index in [9.17, 15) is 18.3 Å². The Balaban J connectivity index is 2.20. The summed E-state index contributed by atoms with van der Waals surface area (Å²) in [6.07, 6.45) is 3.04. The second-order valence-electron chi connectivity index (χ2n) is 4.65. The van der Waals surface area contributed by atoms with Crippen molar-refractivity contribution in [1.29, 1.82) is 0 Å². The highest BCUT2D eigenvalue weighted by Gasteiger charge is 2.26. The number of carboxylic acid groups (broad SMARTS) is 1. The number of aliphatic carboxylic acids is 1. The van der Waals surface area contributed by atoms with Gasteiger partial charge in [0.2, 0.25) is 10.0 Å². The molecule has 1 aromatic heterocycles. The van der Waals surface area contributed by atoms with Gasteiger partial charge in [0.1, 0.15) is 11.8 Å². The van der Waals surface area contributed by atoms with Gasteiger partial charge < -0.3 is 9.84 Å². The Morgan fingerprint density at radius 1 is 1.43 bits per heavy atom. The molecule has 124 valence electrons. The Morgan fingerprint density at radius 2 is 2.22 bits per heavy atom. The topological polar surface area (TPSA) is 111 Å². The summed E-state index contributed by atoms with van der Waals surface area (Å²) < 4.78 is 33.5. The van der Waals surface area contributed by atoms with Crippen LogP contribution >= 0.6 is 0 Å². The highest BCUT2D eigenvalue weighted by Crippen LogP contribution is 2.17. The first-order chi connectivity index (χ1) is 10.9. The van der Waals surface area contributed by atoms with Gasteiger partial charge in [-0.15, -0.1) is 0 Å². The van der Waals surface area contributed by atoms with Crippen LogP contribution in [0.4, 0.5) is 0 Å². The first-order valence-electron chi connectivity index (χ1n) is 6.88. The van der Waals surface area contributed by atoms with Crippen molar-refractivity contribution in [3.8, 4) is 5.75 Å². The van der Waals surface area contributed by atoms with Gasteiger partial charge in [0.15, 0.2) is 0 Å². The van der Waals surface area contributed by atoms with Gasteiger partial charge in [-0.3, -0.25) is 9.48 Å². The minimum atomic E-state index is -4.00. The van der Waals surface area contributed by atoms with Crippen LogP contribution in [0.15, 0.2) is 47.6 Å². The monoisotopic (exact) mass is 339 g/mol. The minimum absolute atomic E-state index is 0.0600. The number of benzene rings is 1. The molecule has 9 heteroatoms. The summed E-state index contributed by atoms with van der Waals surface area (Å²) in [6.45, 7) is 2.06. The molecule has 0 radical (unpaired) electrons. The minimum Gasteiger partial charge on any atom is -0.494 e. The maximum atomic E-state index is 12.4. The molecular weight excluding hydrogens is 322 g/mol. The fourth-order valence-corrected chi connectivity index (χ4v) is 3.13. The first-order valence-corrected chi connectivity index (χ1v) is 8.36. The van der Waals surface area contributed by atoms with Crippen LogP contribution in [-0.2, 0) is 21.4 Å². The number of carbonyl (C=O) groups is 1. The fraction of sp³-hybridized carbons (Fsp3) is 0.286. The van der Waals surface area contributed by atoms with E-state index >= 15 is 0 Å². The average Bonchev–Trinajstić information content (AvgIpc) is 3.00. The zero-order valence-electron chi connectivity index (χ0n) is 12.4. The molecule has 23 heavy (non-hydrogen) atoms. The largest absolute Gasteiger partial charge is 0.494 e. The molecule has 0 saturated heterocycles. The molecule has 1 atom stereocenters. The van der Waals surface area contributed by atoms with Crippen LogP contribution in [0.1, 0.15) is 6.92 Å². The van der Waals surface area contributed by atoms with Crippen molar-refractivity contribution in [2.75, 3.05) is 6.61 Å². The molecule has 0 spiro atoms. The van der Waals surface area contributed by atoms with E-state index in [1.165, 1.54) is 29.1 Å². The number of aromatic nitrogens is 2. The molecule has 2 N–H and O–H groups in total. The summed E-state index contributed by atoms with van der Waals surface area (Å²) in [6, 6.07) is 6.16. The third-order valence-electron chi connectivity index (χ3n) is 2.95. The van der Waals surface area contributed by atoms with Crippen molar-refractivity contribution in [2.24, 2.45) is 0 Å². The molecular formula is C14H17N3O5S. The molecule has 0 aliphatic rings. The Kier molecular flexibility index (Phi) is 5.35. The Labute approximate surface area is 133 Å². The summed E-state index contributed by atoms with van der Waals surface area (Å²) >= 11 is 0. The molecule has 0 aliphatic heterocycles. The fourth-order valence-electron chi connectivity index (χ4n) is 1.91. The van der Waals surface area contributed by atoms with E-state index in [0.29, 0.717) is 12.4 Å². The number of hydrogen-bond acceptors (Lipinski definition) is 5. The van der Waals surface area contributed by atoms with Gasteiger partial charge in [-0.25, -0.2) is 8.42 Å². The standard InChI is InChI=1S/C14H17N3O5S/c1-2-22-11-5-3-6-12(9-11)23(20,21)16-13(14(18)19)10-17-8-4-7-15-17/h3-9,13,16H,2,10H2,1H3,(H,18,19). The van der Waals surface area contributed by atoms with Gasteiger partial charge >= 0.3 is 5.97 Å². The van der Waals surface area contributed by atoms with Gasteiger partial charge in [0.05, 0.1) is 18.0 Å². The lowest BCUT2D eigenvalue weighted by atomic mass is 10.3. The van der Waals surface area contributed by atoms with Crippen LogP contribution in [-0.4, -0.2) is 41.9 Å². The molecule has 2 aromatic rings. The van der Waals surface area contributed by atoms with E-state index in [4.69, 9.17) is 4.74 Å². The van der Waals surface area contributed by atoms with Crippen LogP contribution in [0.25, 0.3) is 0 Å². The number of ether oxygens (including phenoxy) is 1. The van der Waals surface area contributed by atoms with E-state index in [1.807, 2.05) is 0 Å². The van der Waals surface area contributed by atoms with Gasteiger partial charge in [-0.1, -0.05) is 6.07 Å². The van der Waals surface area contributed by atoms with Crippen LogP contribution in [0, 0.1) is 0 Å². The summed E-state index contributed by atoms with van der Waals surface area (Å²) in [7, 11) is -4.00. The quantitative estimate of drug-likeness (QED) is 0.733. The molecule has 1 unspecified atom stereocenters. The zero-order chi connectivity index (χ0) is 16.9. The second-order valence-corrected chi connectivity index (χ2v) is 6.36. The summed E-state index contributed by atoms with van der Waals surface area (Å²) in [5, 5.41) is 13.1. The predicted molar refractivity (Wildman–Crippen MR) is 81.6 cm³/mol. The van der Waals surface area contributed by atoms with E-state index in [0.717, 1.165) is 0 Å². The molecule has 1 aromatic carbocycles. The maximum Gasteiger partial charge on any atom is 0.323 e. The predicted octanol–water partition coefficient (Wildman–Crippen LogP) is 0.713. The van der Waals surface area contributed by atoms with Crippen molar-refractivity contribution in [3.63, 3.8) is 0 Å². The molecule has 0 fully saturated rings. The number of hydrogen-bond donors (Lipinski definition) is 2. The SMILES string of the molecule is CCOc1cccc(S(=O)(=O)NC(Cn2cccn2)C(=O)O)c1. The average molecular weight is 339 g/mol. The number of rotatable bonds is 8. The molecule has 0 bridgehead atoms. The number of carboxylic acids is 1. The lowest BCUT2D eigenvalue weighted by molar-refractivity contribution is -0.139. The smallest absolute Gasteiger partial charge is 0.323 e. The number of nitrogens with one attached hydrogen (secondary N) is 1. The Morgan fingerprint density at radius 3 is 2.83 bits per heavy atom. The van der Waals surface area contributed by atoms with Crippen LogP contribution in [0.5, 0.6) is 5.75 Å². The van der Waals surface area contributed by atoms with Gasteiger partial charge in [-0.05, 0) is 25.1 Å².